The smallest absolute Gasteiger partial charge is 0.378 e. The maximum atomic E-state index is 14.5. The largest absolute Gasteiger partial charge is 0.389 e. The summed E-state index contributed by atoms with van der Waals surface area (Å²) in [6, 6.07) is 0.301. The minimum atomic E-state index is -4.31. The van der Waals surface area contributed by atoms with Gasteiger partial charge in [-0.15, -0.1) is 0 Å². The highest BCUT2D eigenvalue weighted by molar-refractivity contribution is 5.90. The number of nitrogens with zero attached hydrogens (tertiary/aromatic N) is 2. The number of nitrogens with one attached hydrogen (secondary N) is 1. The van der Waals surface area contributed by atoms with Crippen LogP contribution >= 0.6 is 0 Å². The third kappa shape index (κ3) is 4.91. The highest BCUT2D eigenvalue weighted by Crippen LogP contribution is 2.38. The molecule has 1 N–H and O–H groups in total. The van der Waals surface area contributed by atoms with E-state index in [1.54, 1.807) is 13.8 Å². The predicted octanol–water partition coefficient (Wildman–Crippen LogP) is 4.38. The lowest BCUT2D eigenvalue weighted by atomic mass is 9.96. The van der Waals surface area contributed by atoms with Crippen LogP contribution in [-0.4, -0.2) is 55.5 Å². The molecular weight excluding hydrogens is 397 g/mol. The normalized spacial score (nSPS) is 25.4. The molecule has 0 radical (unpaired) electrons. The van der Waals surface area contributed by atoms with Gasteiger partial charge in [0, 0.05) is 37.3 Å². The van der Waals surface area contributed by atoms with Crippen molar-refractivity contribution in [2.75, 3.05) is 36.5 Å². The first kappa shape index (κ1) is 21.6. The molecule has 2 saturated heterocycles. The van der Waals surface area contributed by atoms with Crippen LogP contribution in [0.1, 0.15) is 26.7 Å². The number of hydrogen-bond donors (Lipinski definition) is 1. The number of likely N-dealkylation sites (tertiary alicyclic amines) is 1. The highest BCUT2D eigenvalue weighted by Gasteiger charge is 2.44. The Kier molecular flexibility index (Phi) is 6.21. The Balaban J connectivity index is 1.72. The number of alkyl halides is 3. The number of carbonyl (C=O) groups excluding carboxylic acids is 1. The molecule has 2 aliphatic rings. The number of morpholine rings is 1. The van der Waals surface area contributed by atoms with Crippen LogP contribution in [0.5, 0.6) is 0 Å². The zero-order valence-corrected chi connectivity index (χ0v) is 16.2. The standard InChI is InChI=1S/C19H24F5N3O2/c1-11-7-13(10-19(22,23)24)12(2)27(11)18(28)25-14-8-15(20)17(16(21)9-14)26-3-5-29-6-4-26/h8-9,11-13H,3-7,10H2,1-2H3,(H,25,28). The summed E-state index contributed by atoms with van der Waals surface area (Å²) in [6.45, 7) is 4.64. The van der Waals surface area contributed by atoms with Crippen molar-refractivity contribution in [1.82, 2.24) is 4.90 Å². The first-order chi connectivity index (χ1) is 13.6. The Morgan fingerprint density at radius 2 is 1.76 bits per heavy atom. The highest BCUT2D eigenvalue weighted by atomic mass is 19.4. The molecule has 0 aliphatic carbocycles. The van der Waals surface area contributed by atoms with Crippen LogP contribution in [0, 0.1) is 17.6 Å². The fourth-order valence-corrected chi connectivity index (χ4v) is 4.23. The molecule has 5 nitrogen and oxygen atoms in total. The molecule has 2 aliphatic heterocycles. The second kappa shape index (κ2) is 8.33. The van der Waals surface area contributed by atoms with Gasteiger partial charge in [-0.3, -0.25) is 0 Å². The summed E-state index contributed by atoms with van der Waals surface area (Å²) in [5, 5.41) is 2.42. The predicted molar refractivity (Wildman–Crippen MR) is 98.0 cm³/mol. The van der Waals surface area contributed by atoms with Gasteiger partial charge < -0.3 is 19.9 Å². The number of rotatable bonds is 3. The summed E-state index contributed by atoms with van der Waals surface area (Å²) in [7, 11) is 0. The molecule has 2 heterocycles. The van der Waals surface area contributed by atoms with E-state index in [1.165, 1.54) is 9.80 Å². The summed E-state index contributed by atoms with van der Waals surface area (Å²) in [4.78, 5) is 15.5. The van der Waals surface area contributed by atoms with E-state index in [4.69, 9.17) is 4.74 Å². The summed E-state index contributed by atoms with van der Waals surface area (Å²) in [5.74, 6) is -2.35. The topological polar surface area (TPSA) is 44.8 Å². The average molecular weight is 421 g/mol. The van der Waals surface area contributed by atoms with E-state index in [9.17, 15) is 26.7 Å². The van der Waals surface area contributed by atoms with Crippen molar-refractivity contribution >= 4 is 17.4 Å². The zero-order valence-electron chi connectivity index (χ0n) is 16.2. The van der Waals surface area contributed by atoms with Gasteiger partial charge in [-0.05, 0) is 38.3 Å². The summed E-state index contributed by atoms with van der Waals surface area (Å²) in [5.41, 5.74) is -0.264. The number of urea groups is 1. The van der Waals surface area contributed by atoms with Gasteiger partial charge in [-0.1, -0.05) is 0 Å². The van der Waals surface area contributed by atoms with Crippen molar-refractivity contribution in [1.29, 1.82) is 0 Å². The maximum absolute atomic E-state index is 14.5. The number of amides is 2. The molecule has 1 aromatic carbocycles. The lowest BCUT2D eigenvalue weighted by molar-refractivity contribution is -0.145. The molecule has 2 amide bonds. The molecule has 3 unspecified atom stereocenters. The molecule has 0 aromatic heterocycles. The van der Waals surface area contributed by atoms with Crippen LogP contribution in [0.4, 0.5) is 38.1 Å². The Morgan fingerprint density at radius 1 is 1.17 bits per heavy atom. The molecule has 1 aromatic rings. The summed E-state index contributed by atoms with van der Waals surface area (Å²) in [6.07, 6.45) is -5.07. The van der Waals surface area contributed by atoms with Crippen LogP contribution in [-0.2, 0) is 4.74 Å². The molecule has 162 valence electrons. The zero-order chi connectivity index (χ0) is 21.3. The van der Waals surface area contributed by atoms with Crippen LogP contribution < -0.4 is 10.2 Å². The molecule has 0 saturated carbocycles. The maximum Gasteiger partial charge on any atom is 0.389 e. The Morgan fingerprint density at radius 3 is 2.31 bits per heavy atom. The van der Waals surface area contributed by atoms with Crippen LogP contribution in [0.15, 0.2) is 12.1 Å². The van der Waals surface area contributed by atoms with Crippen LogP contribution in [0.25, 0.3) is 0 Å². The number of carbonyl (C=O) groups is 1. The molecule has 29 heavy (non-hydrogen) atoms. The lowest BCUT2D eigenvalue weighted by Crippen LogP contribution is -2.43. The molecule has 3 atom stereocenters. The number of hydrogen-bond acceptors (Lipinski definition) is 3. The van der Waals surface area contributed by atoms with Gasteiger partial charge in [0.1, 0.15) is 5.69 Å². The van der Waals surface area contributed by atoms with Crippen LogP contribution in [0.2, 0.25) is 0 Å². The van der Waals surface area contributed by atoms with Gasteiger partial charge in [-0.2, -0.15) is 13.2 Å². The number of halogens is 5. The van der Waals surface area contributed by atoms with E-state index in [1.807, 2.05) is 0 Å². The van der Waals surface area contributed by atoms with Crippen molar-refractivity contribution in [2.45, 2.75) is 44.9 Å². The molecule has 10 heteroatoms. The molecular formula is C19H24F5N3O2. The van der Waals surface area contributed by atoms with Crippen molar-refractivity contribution in [3.05, 3.63) is 23.8 Å². The lowest BCUT2D eigenvalue weighted by Gasteiger charge is -2.30. The van der Waals surface area contributed by atoms with Crippen LogP contribution in [0.3, 0.4) is 0 Å². The van der Waals surface area contributed by atoms with Crippen molar-refractivity contribution < 1.29 is 31.5 Å². The number of benzene rings is 1. The van der Waals surface area contributed by atoms with E-state index in [0.717, 1.165) is 12.1 Å². The fraction of sp³-hybridized carbons (Fsp3) is 0.632. The minimum absolute atomic E-state index is 0.0827. The van der Waals surface area contributed by atoms with Crippen molar-refractivity contribution in [3.63, 3.8) is 0 Å². The van der Waals surface area contributed by atoms with Gasteiger partial charge in [0.25, 0.3) is 0 Å². The summed E-state index contributed by atoms with van der Waals surface area (Å²) >= 11 is 0. The van der Waals surface area contributed by atoms with E-state index < -0.39 is 48.3 Å². The summed E-state index contributed by atoms with van der Waals surface area (Å²) < 4.78 is 72.4. The number of anilines is 2. The van der Waals surface area contributed by atoms with Gasteiger partial charge in [0.15, 0.2) is 11.6 Å². The first-order valence-corrected chi connectivity index (χ1v) is 9.54. The monoisotopic (exact) mass is 421 g/mol. The molecule has 3 rings (SSSR count). The molecule has 0 bridgehead atoms. The third-order valence-electron chi connectivity index (χ3n) is 5.56. The SMILES string of the molecule is CC1CC(CC(F)(F)F)C(C)N1C(=O)Nc1cc(F)c(N2CCOCC2)c(F)c1. The molecule has 2 fully saturated rings. The Bertz CT molecular complexity index is 729. The van der Waals surface area contributed by atoms with Gasteiger partial charge >= 0.3 is 12.2 Å². The van der Waals surface area contributed by atoms with Gasteiger partial charge in [0.2, 0.25) is 0 Å². The second-order valence-corrected chi connectivity index (χ2v) is 7.63. The minimum Gasteiger partial charge on any atom is -0.378 e. The van der Waals surface area contributed by atoms with Gasteiger partial charge in [0.05, 0.1) is 13.2 Å². The number of ether oxygens (including phenoxy) is 1. The average Bonchev–Trinajstić information content (AvgIpc) is 2.87. The quantitative estimate of drug-likeness (QED) is 0.737. The third-order valence-corrected chi connectivity index (χ3v) is 5.56. The van der Waals surface area contributed by atoms with Crippen molar-refractivity contribution in [3.8, 4) is 0 Å². The fourth-order valence-electron chi connectivity index (χ4n) is 4.23. The Hall–Kier alpha value is -2.10. The second-order valence-electron chi connectivity index (χ2n) is 7.63. The molecule has 0 spiro atoms. The van der Waals surface area contributed by atoms with E-state index in [-0.39, 0.29) is 17.8 Å². The first-order valence-electron chi connectivity index (χ1n) is 9.54. The Labute approximate surface area is 165 Å². The van der Waals surface area contributed by atoms with E-state index >= 15 is 0 Å². The van der Waals surface area contributed by atoms with E-state index in [0.29, 0.717) is 26.3 Å². The van der Waals surface area contributed by atoms with Gasteiger partial charge in [-0.25, -0.2) is 13.6 Å². The van der Waals surface area contributed by atoms with E-state index in [2.05, 4.69) is 5.32 Å². The van der Waals surface area contributed by atoms with Crippen molar-refractivity contribution in [2.24, 2.45) is 5.92 Å².